The first-order valence-corrected chi connectivity index (χ1v) is 8.18. The Labute approximate surface area is 131 Å². The second-order valence-electron chi connectivity index (χ2n) is 4.59. The molecule has 0 radical (unpaired) electrons. The lowest BCUT2D eigenvalue weighted by atomic mass is 9.95. The van der Waals surface area contributed by atoms with Crippen LogP contribution in [0, 0.1) is 0 Å². The largest absolute Gasteiger partial charge is 0.453 e. The zero-order valence-electron chi connectivity index (χ0n) is 15.1. The molecule has 1 amide bonds. The second-order valence-corrected chi connectivity index (χ2v) is 4.59. The van der Waals surface area contributed by atoms with Crippen LogP contribution in [0.15, 0.2) is 0 Å². The monoisotopic (exact) mass is 304 g/mol. The van der Waals surface area contributed by atoms with E-state index in [0.29, 0.717) is 5.54 Å². The minimum absolute atomic E-state index is 0.407. The summed E-state index contributed by atoms with van der Waals surface area (Å²) >= 11 is 0. The lowest BCUT2D eigenvalue weighted by molar-refractivity contribution is 0.0655. The number of carbonyl (C=O) groups excluding carboxylic acids is 1. The molecule has 0 atom stereocenters. The van der Waals surface area contributed by atoms with Gasteiger partial charge in [0.2, 0.25) is 0 Å². The maximum absolute atomic E-state index is 9.85. The molecule has 21 heavy (non-hydrogen) atoms. The minimum Gasteiger partial charge on any atom is -0.453 e. The van der Waals surface area contributed by atoms with Gasteiger partial charge in [0.25, 0.3) is 0 Å². The Balaban J connectivity index is 0. The molecule has 128 valence electrons. The van der Waals surface area contributed by atoms with Crippen LogP contribution in [0.1, 0.15) is 53.4 Å². The van der Waals surface area contributed by atoms with Gasteiger partial charge in [-0.1, -0.05) is 27.7 Å². The first-order valence-electron chi connectivity index (χ1n) is 8.18. The summed E-state index contributed by atoms with van der Waals surface area (Å²) in [5, 5.41) is 2.25. The number of carbonyl (C=O) groups is 1. The predicted octanol–water partition coefficient (Wildman–Crippen LogP) is 3.29. The number of nitrogens with one attached hydrogen (secondary N) is 1. The summed E-state index contributed by atoms with van der Waals surface area (Å²) in [5.74, 6) is 0. The van der Waals surface area contributed by atoms with Crippen molar-refractivity contribution in [2.24, 2.45) is 0 Å². The molecular formula is C16H36N2O3. The van der Waals surface area contributed by atoms with E-state index in [1.54, 1.807) is 0 Å². The number of hydrogen-bond acceptors (Lipinski definition) is 4. The van der Waals surface area contributed by atoms with Crippen LogP contribution in [0.5, 0.6) is 0 Å². The van der Waals surface area contributed by atoms with E-state index in [1.165, 1.54) is 52.9 Å². The van der Waals surface area contributed by atoms with Crippen LogP contribution in [0.3, 0.4) is 0 Å². The summed E-state index contributed by atoms with van der Waals surface area (Å²) in [5.41, 5.74) is 0.467. The van der Waals surface area contributed by atoms with Crippen LogP contribution in [0.4, 0.5) is 4.79 Å². The maximum Gasteiger partial charge on any atom is 0.406 e. The average Bonchev–Trinajstić information content (AvgIpc) is 3.11. The van der Waals surface area contributed by atoms with Gasteiger partial charge >= 0.3 is 6.09 Å². The molecule has 0 unspecified atom stereocenters. The minimum atomic E-state index is -0.407. The van der Waals surface area contributed by atoms with Gasteiger partial charge in [0, 0.05) is 19.7 Å². The molecule has 0 aromatic heterocycles. The zero-order chi connectivity index (χ0) is 16.7. The number of alkyl carbamates (subject to hydrolysis) is 1. The lowest BCUT2D eigenvalue weighted by Gasteiger charge is -2.30. The third-order valence-corrected chi connectivity index (χ3v) is 3.61. The molecule has 2 saturated heterocycles. The van der Waals surface area contributed by atoms with E-state index in [-0.39, 0.29) is 0 Å². The highest BCUT2D eigenvalue weighted by molar-refractivity contribution is 5.66. The molecule has 0 aliphatic carbocycles. The van der Waals surface area contributed by atoms with Crippen molar-refractivity contribution in [3.63, 3.8) is 0 Å². The van der Waals surface area contributed by atoms with Crippen molar-refractivity contribution < 1.29 is 14.3 Å². The van der Waals surface area contributed by atoms with Gasteiger partial charge in [-0.25, -0.2) is 4.79 Å². The Morgan fingerprint density at radius 1 is 1.10 bits per heavy atom. The number of rotatable bonds is 2. The summed E-state index contributed by atoms with van der Waals surface area (Å²) in [6.45, 7) is 11.6. The van der Waals surface area contributed by atoms with Gasteiger partial charge in [-0.3, -0.25) is 4.90 Å². The van der Waals surface area contributed by atoms with Gasteiger partial charge in [0.05, 0.1) is 13.7 Å². The fourth-order valence-corrected chi connectivity index (χ4v) is 2.83. The fraction of sp³-hybridized carbons (Fsp3) is 0.938. The highest BCUT2D eigenvalue weighted by Crippen LogP contribution is 2.38. The van der Waals surface area contributed by atoms with Crippen molar-refractivity contribution in [1.29, 1.82) is 0 Å². The Hall–Kier alpha value is -0.810. The van der Waals surface area contributed by atoms with Crippen LogP contribution in [-0.2, 0) is 9.47 Å². The molecular weight excluding hydrogens is 268 g/mol. The standard InChI is InChI=1S/C9H17NO.C3H7NO2.2C2H6/c1-11-8-9-4-2-6-10(9)7-3-5-9;1-4-3(5)6-2;2*1-2/h2-8H2,1H3;1-2H3,(H,4,5);2*1-2H3. The van der Waals surface area contributed by atoms with E-state index >= 15 is 0 Å². The molecule has 2 aliphatic heterocycles. The van der Waals surface area contributed by atoms with Crippen molar-refractivity contribution in [2.75, 3.05) is 41.0 Å². The summed E-state index contributed by atoms with van der Waals surface area (Å²) in [7, 11) is 4.65. The molecule has 0 aromatic rings. The number of hydrogen-bond donors (Lipinski definition) is 1. The van der Waals surface area contributed by atoms with Crippen LogP contribution in [0.25, 0.3) is 0 Å². The summed E-state index contributed by atoms with van der Waals surface area (Å²) in [6, 6.07) is 0. The molecule has 0 saturated carbocycles. The number of methoxy groups -OCH3 is 2. The highest BCUT2D eigenvalue weighted by atomic mass is 16.5. The van der Waals surface area contributed by atoms with E-state index < -0.39 is 6.09 Å². The van der Waals surface area contributed by atoms with Crippen LogP contribution in [-0.4, -0.2) is 57.5 Å². The molecule has 1 N–H and O–H groups in total. The SMILES string of the molecule is CC.CC.CNC(=O)OC.COCC12CCCN1CCC2. The first kappa shape index (κ1) is 22.5. The lowest BCUT2D eigenvalue weighted by Crippen LogP contribution is -2.42. The van der Waals surface area contributed by atoms with Crippen LogP contribution in [0.2, 0.25) is 0 Å². The molecule has 2 aliphatic rings. The summed E-state index contributed by atoms with van der Waals surface area (Å²) < 4.78 is 9.44. The number of amides is 1. The van der Waals surface area contributed by atoms with E-state index in [0.717, 1.165) is 6.61 Å². The van der Waals surface area contributed by atoms with E-state index in [2.05, 4.69) is 15.0 Å². The van der Waals surface area contributed by atoms with E-state index in [1.807, 2.05) is 34.8 Å². The molecule has 2 rings (SSSR count). The van der Waals surface area contributed by atoms with Crippen LogP contribution < -0.4 is 5.32 Å². The molecule has 2 heterocycles. The predicted molar refractivity (Wildman–Crippen MR) is 88.8 cm³/mol. The molecule has 5 nitrogen and oxygen atoms in total. The van der Waals surface area contributed by atoms with Gasteiger partial charge in [-0.05, 0) is 38.8 Å². The number of fused-ring (bicyclic) bond motifs is 1. The highest BCUT2D eigenvalue weighted by Gasteiger charge is 2.43. The fourth-order valence-electron chi connectivity index (χ4n) is 2.83. The van der Waals surface area contributed by atoms with Crippen LogP contribution >= 0.6 is 0 Å². The van der Waals surface area contributed by atoms with Gasteiger partial charge in [-0.2, -0.15) is 0 Å². The molecule has 0 spiro atoms. The normalized spacial score (nSPS) is 17.9. The third-order valence-electron chi connectivity index (χ3n) is 3.61. The average molecular weight is 304 g/mol. The van der Waals surface area contributed by atoms with Gasteiger partial charge < -0.3 is 14.8 Å². The van der Waals surface area contributed by atoms with Gasteiger partial charge in [0.15, 0.2) is 0 Å². The van der Waals surface area contributed by atoms with E-state index in [9.17, 15) is 4.79 Å². The molecule has 2 fully saturated rings. The molecule has 0 aromatic carbocycles. The maximum atomic E-state index is 9.85. The first-order chi connectivity index (χ1) is 10.2. The smallest absolute Gasteiger partial charge is 0.406 e. The van der Waals surface area contributed by atoms with Gasteiger partial charge in [0.1, 0.15) is 0 Å². The summed E-state index contributed by atoms with van der Waals surface area (Å²) in [4.78, 5) is 12.5. The van der Waals surface area contributed by atoms with Crippen molar-refractivity contribution >= 4 is 6.09 Å². The quantitative estimate of drug-likeness (QED) is 0.850. The number of nitrogens with zero attached hydrogens (tertiary/aromatic N) is 1. The Morgan fingerprint density at radius 3 is 1.86 bits per heavy atom. The summed E-state index contributed by atoms with van der Waals surface area (Å²) in [6.07, 6.45) is 5.07. The molecule has 5 heteroatoms. The van der Waals surface area contributed by atoms with Crippen molar-refractivity contribution in [2.45, 2.75) is 58.9 Å². The molecule has 0 bridgehead atoms. The third kappa shape index (κ3) is 7.67. The Kier molecular flexibility index (Phi) is 15.1. The number of ether oxygens (including phenoxy) is 2. The van der Waals surface area contributed by atoms with Crippen molar-refractivity contribution in [3.05, 3.63) is 0 Å². The second kappa shape index (κ2) is 14.1. The van der Waals surface area contributed by atoms with Gasteiger partial charge in [-0.15, -0.1) is 0 Å². The van der Waals surface area contributed by atoms with Crippen molar-refractivity contribution in [3.8, 4) is 0 Å². The topological polar surface area (TPSA) is 50.8 Å². The zero-order valence-corrected chi connectivity index (χ0v) is 15.1. The van der Waals surface area contributed by atoms with E-state index in [4.69, 9.17) is 4.74 Å². The Bertz CT molecular complexity index is 232. The van der Waals surface area contributed by atoms with Crippen molar-refractivity contribution in [1.82, 2.24) is 10.2 Å². The Morgan fingerprint density at radius 2 is 1.57 bits per heavy atom.